The van der Waals surface area contributed by atoms with Gasteiger partial charge in [-0.25, -0.2) is 0 Å². The van der Waals surface area contributed by atoms with Gasteiger partial charge >= 0.3 is 0 Å². The van der Waals surface area contributed by atoms with Crippen molar-refractivity contribution in [1.82, 2.24) is 5.32 Å². The van der Waals surface area contributed by atoms with Crippen LogP contribution in [0.25, 0.3) is 0 Å². The number of anilines is 1. The average molecular weight is 278 g/mol. The third-order valence-corrected chi connectivity index (χ3v) is 3.58. The van der Waals surface area contributed by atoms with E-state index in [1.165, 1.54) is 12.1 Å². The topological polar surface area (TPSA) is 102 Å². The molecular weight excluding hydrogens is 260 g/mol. The summed E-state index contributed by atoms with van der Waals surface area (Å²) in [5.74, 6) is -0.645. The zero-order valence-corrected chi connectivity index (χ0v) is 11.3. The number of amides is 1. The van der Waals surface area contributed by atoms with Crippen molar-refractivity contribution < 1.29 is 9.72 Å². The molecule has 0 radical (unpaired) electrons. The van der Waals surface area contributed by atoms with Gasteiger partial charge in [-0.2, -0.15) is 0 Å². The SMILES string of the molecule is CCN(c1ccc([N+](=O)[O-])cc1C(N)=O)C1CCNC1. The number of carbonyl (C=O) groups excluding carboxylic acids is 1. The second kappa shape index (κ2) is 5.87. The molecule has 108 valence electrons. The smallest absolute Gasteiger partial charge is 0.270 e. The molecule has 0 bridgehead atoms. The lowest BCUT2D eigenvalue weighted by molar-refractivity contribution is -0.384. The molecule has 0 saturated carbocycles. The van der Waals surface area contributed by atoms with E-state index in [9.17, 15) is 14.9 Å². The van der Waals surface area contributed by atoms with Crippen molar-refractivity contribution in [3.8, 4) is 0 Å². The average Bonchev–Trinajstić information content (AvgIpc) is 2.93. The van der Waals surface area contributed by atoms with Crippen LogP contribution in [0.4, 0.5) is 11.4 Å². The monoisotopic (exact) mass is 278 g/mol. The fraction of sp³-hybridized carbons (Fsp3) is 0.462. The Kier molecular flexibility index (Phi) is 4.19. The van der Waals surface area contributed by atoms with E-state index in [0.717, 1.165) is 19.5 Å². The minimum Gasteiger partial charge on any atom is -0.367 e. The third-order valence-electron chi connectivity index (χ3n) is 3.58. The highest BCUT2D eigenvalue weighted by Gasteiger charge is 2.25. The summed E-state index contributed by atoms with van der Waals surface area (Å²) in [7, 11) is 0. The number of nitro benzene ring substituents is 1. The number of nitrogens with two attached hydrogens (primary N) is 1. The van der Waals surface area contributed by atoms with Crippen LogP contribution in [0, 0.1) is 10.1 Å². The van der Waals surface area contributed by atoms with Gasteiger partial charge in [0.25, 0.3) is 11.6 Å². The largest absolute Gasteiger partial charge is 0.367 e. The second-order valence-corrected chi connectivity index (χ2v) is 4.76. The van der Waals surface area contributed by atoms with Gasteiger partial charge in [0.2, 0.25) is 0 Å². The normalized spacial score (nSPS) is 17.9. The van der Waals surface area contributed by atoms with Gasteiger partial charge in [0.05, 0.1) is 16.2 Å². The first-order chi connectivity index (χ1) is 9.54. The Bertz CT molecular complexity index is 526. The van der Waals surface area contributed by atoms with Crippen LogP contribution in [0.2, 0.25) is 0 Å². The highest BCUT2D eigenvalue weighted by molar-refractivity contribution is 5.99. The van der Waals surface area contributed by atoms with Gasteiger partial charge in [0.15, 0.2) is 0 Å². The minimum atomic E-state index is -0.645. The van der Waals surface area contributed by atoms with Crippen LogP contribution in [-0.4, -0.2) is 36.5 Å². The Labute approximate surface area is 116 Å². The van der Waals surface area contributed by atoms with Crippen molar-refractivity contribution in [2.24, 2.45) is 5.73 Å². The summed E-state index contributed by atoms with van der Waals surface area (Å²) in [5.41, 5.74) is 6.12. The van der Waals surface area contributed by atoms with E-state index in [1.54, 1.807) is 6.07 Å². The van der Waals surface area contributed by atoms with E-state index in [2.05, 4.69) is 10.2 Å². The van der Waals surface area contributed by atoms with E-state index in [0.29, 0.717) is 12.2 Å². The maximum atomic E-state index is 11.6. The molecular formula is C13H18N4O3. The fourth-order valence-electron chi connectivity index (χ4n) is 2.62. The highest BCUT2D eigenvalue weighted by atomic mass is 16.6. The number of primary amides is 1. The molecule has 0 aliphatic carbocycles. The summed E-state index contributed by atoms with van der Waals surface area (Å²) in [5, 5.41) is 14.1. The van der Waals surface area contributed by atoms with Crippen LogP contribution in [0.5, 0.6) is 0 Å². The Morgan fingerprint density at radius 2 is 2.35 bits per heavy atom. The van der Waals surface area contributed by atoms with Gasteiger partial charge in [-0.3, -0.25) is 14.9 Å². The Balaban J connectivity index is 2.42. The standard InChI is InChI=1S/C13H18N4O3/c1-2-16(10-5-6-15-8-10)12-4-3-9(17(19)20)7-11(12)13(14)18/h3-4,7,10,15H,2,5-6,8H2,1H3,(H2,14,18). The summed E-state index contributed by atoms with van der Waals surface area (Å²) < 4.78 is 0. The molecule has 1 saturated heterocycles. The Morgan fingerprint density at radius 1 is 1.60 bits per heavy atom. The summed E-state index contributed by atoms with van der Waals surface area (Å²) in [4.78, 5) is 24.0. The van der Waals surface area contributed by atoms with Crippen LogP contribution in [0.3, 0.4) is 0 Å². The molecule has 3 N–H and O–H groups in total. The zero-order chi connectivity index (χ0) is 14.7. The van der Waals surface area contributed by atoms with Crippen molar-refractivity contribution in [3.05, 3.63) is 33.9 Å². The molecule has 0 spiro atoms. The maximum Gasteiger partial charge on any atom is 0.270 e. The van der Waals surface area contributed by atoms with Gasteiger partial charge < -0.3 is 16.0 Å². The molecule has 1 amide bonds. The van der Waals surface area contributed by atoms with Gasteiger partial charge in [-0.05, 0) is 26.0 Å². The lowest BCUT2D eigenvalue weighted by Crippen LogP contribution is -2.38. The predicted octanol–water partition coefficient (Wildman–Crippen LogP) is 0.882. The molecule has 1 aromatic carbocycles. The van der Waals surface area contributed by atoms with E-state index < -0.39 is 10.8 Å². The van der Waals surface area contributed by atoms with Crippen LogP contribution < -0.4 is 16.0 Å². The first kappa shape index (κ1) is 14.3. The molecule has 1 aromatic rings. The highest BCUT2D eigenvalue weighted by Crippen LogP contribution is 2.28. The Hall–Kier alpha value is -2.15. The quantitative estimate of drug-likeness (QED) is 0.615. The number of hydrogen-bond acceptors (Lipinski definition) is 5. The van der Waals surface area contributed by atoms with Gasteiger partial charge in [-0.15, -0.1) is 0 Å². The van der Waals surface area contributed by atoms with Crippen molar-refractivity contribution >= 4 is 17.3 Å². The number of benzene rings is 1. The van der Waals surface area contributed by atoms with Gasteiger partial charge in [0, 0.05) is 31.3 Å². The third kappa shape index (κ3) is 2.72. The molecule has 1 heterocycles. The first-order valence-corrected chi connectivity index (χ1v) is 6.60. The number of carbonyl (C=O) groups is 1. The van der Waals surface area contributed by atoms with E-state index in [-0.39, 0.29) is 17.3 Å². The van der Waals surface area contributed by atoms with Crippen molar-refractivity contribution in [2.75, 3.05) is 24.5 Å². The second-order valence-electron chi connectivity index (χ2n) is 4.76. The number of nitrogens with zero attached hydrogens (tertiary/aromatic N) is 2. The molecule has 1 atom stereocenters. The fourth-order valence-corrected chi connectivity index (χ4v) is 2.62. The molecule has 1 fully saturated rings. The molecule has 7 heteroatoms. The van der Waals surface area contributed by atoms with E-state index in [4.69, 9.17) is 5.73 Å². The molecule has 1 aliphatic rings. The zero-order valence-electron chi connectivity index (χ0n) is 11.3. The van der Waals surface area contributed by atoms with Crippen LogP contribution in [-0.2, 0) is 0 Å². The summed E-state index contributed by atoms with van der Waals surface area (Å²) in [6.07, 6.45) is 0.975. The number of likely N-dealkylation sites (N-methyl/N-ethyl adjacent to an activating group) is 1. The molecule has 2 rings (SSSR count). The lowest BCUT2D eigenvalue weighted by Gasteiger charge is -2.30. The van der Waals surface area contributed by atoms with Crippen molar-refractivity contribution in [3.63, 3.8) is 0 Å². The summed E-state index contributed by atoms with van der Waals surface area (Å²) >= 11 is 0. The molecule has 7 nitrogen and oxygen atoms in total. The number of non-ortho nitro benzene ring substituents is 1. The molecule has 1 unspecified atom stereocenters. The van der Waals surface area contributed by atoms with Gasteiger partial charge in [0.1, 0.15) is 0 Å². The lowest BCUT2D eigenvalue weighted by atomic mass is 10.1. The van der Waals surface area contributed by atoms with Crippen LogP contribution in [0.15, 0.2) is 18.2 Å². The summed E-state index contributed by atoms with van der Waals surface area (Å²) in [6.45, 7) is 4.47. The molecule has 20 heavy (non-hydrogen) atoms. The summed E-state index contributed by atoms with van der Waals surface area (Å²) in [6, 6.07) is 4.55. The van der Waals surface area contributed by atoms with E-state index in [1.807, 2.05) is 6.92 Å². The molecule has 0 aromatic heterocycles. The first-order valence-electron chi connectivity index (χ1n) is 6.60. The van der Waals surface area contributed by atoms with Gasteiger partial charge in [-0.1, -0.05) is 0 Å². The molecule has 1 aliphatic heterocycles. The van der Waals surface area contributed by atoms with Crippen molar-refractivity contribution in [1.29, 1.82) is 0 Å². The maximum absolute atomic E-state index is 11.6. The Morgan fingerprint density at radius 3 is 2.85 bits per heavy atom. The van der Waals surface area contributed by atoms with Crippen molar-refractivity contribution in [2.45, 2.75) is 19.4 Å². The number of nitro groups is 1. The number of nitrogens with one attached hydrogen (secondary N) is 1. The van der Waals surface area contributed by atoms with Crippen LogP contribution >= 0.6 is 0 Å². The number of rotatable bonds is 5. The van der Waals surface area contributed by atoms with E-state index >= 15 is 0 Å². The predicted molar refractivity (Wildman–Crippen MR) is 75.9 cm³/mol. The number of hydrogen-bond donors (Lipinski definition) is 2. The van der Waals surface area contributed by atoms with Crippen LogP contribution in [0.1, 0.15) is 23.7 Å². The minimum absolute atomic E-state index is 0.122.